The highest BCUT2D eigenvalue weighted by Gasteiger charge is 2.43. The van der Waals surface area contributed by atoms with Crippen LogP contribution in [0.1, 0.15) is 29.8 Å². The van der Waals surface area contributed by atoms with Crippen LogP contribution in [-0.2, 0) is 10.2 Å². The van der Waals surface area contributed by atoms with Crippen LogP contribution in [-0.4, -0.2) is 29.1 Å². The Hall–Kier alpha value is -1.35. The van der Waals surface area contributed by atoms with Gasteiger partial charge in [-0.15, -0.1) is 11.6 Å². The van der Waals surface area contributed by atoms with Crippen LogP contribution in [0.15, 0.2) is 24.3 Å². The summed E-state index contributed by atoms with van der Waals surface area (Å²) >= 11 is 5.64. The van der Waals surface area contributed by atoms with Crippen molar-refractivity contribution in [3.05, 3.63) is 35.4 Å². The second-order valence-corrected chi connectivity index (χ2v) is 5.00. The van der Waals surface area contributed by atoms with Crippen molar-refractivity contribution in [3.8, 4) is 0 Å². The number of nitrogens with zero attached hydrogens (tertiary/aromatic N) is 1. The molecule has 2 rings (SSSR count). The molecule has 0 bridgehead atoms. The fourth-order valence-electron chi connectivity index (χ4n) is 2.19. The van der Waals surface area contributed by atoms with E-state index in [9.17, 15) is 9.59 Å². The minimum absolute atomic E-state index is 0.179. The average Bonchev–Trinajstić information content (AvgIpc) is 2.33. The Bertz CT molecular complexity index is 482. The molecule has 1 aliphatic rings. The number of carbonyl (C=O) groups excluding carboxylic acids is 2. The maximum atomic E-state index is 12.3. The Morgan fingerprint density at radius 3 is 2.53 bits per heavy atom. The summed E-state index contributed by atoms with van der Waals surface area (Å²) in [6, 6.07) is 7.25. The number of rotatable bonds is 2. The maximum absolute atomic E-state index is 12.3. The molecule has 1 heterocycles. The fourth-order valence-corrected chi connectivity index (χ4v) is 2.36. The fraction of sp³-hybridized carbons (Fsp3) is 0.385. The van der Waals surface area contributed by atoms with E-state index in [4.69, 9.17) is 11.6 Å². The summed E-state index contributed by atoms with van der Waals surface area (Å²) in [6.07, 6.45) is 0. The molecule has 0 unspecified atom stereocenters. The molecule has 1 aliphatic heterocycles. The number of hydrogen-bond donors (Lipinski definition) is 0. The first kappa shape index (κ1) is 12.1. The third-order valence-electron chi connectivity index (χ3n) is 3.16. The lowest BCUT2D eigenvalue weighted by atomic mass is 9.77. The van der Waals surface area contributed by atoms with Crippen LogP contribution >= 0.6 is 11.6 Å². The smallest absolute Gasteiger partial charge is 0.260 e. The second kappa shape index (κ2) is 4.15. The normalized spacial score (nSPS) is 18.2. The highest BCUT2D eigenvalue weighted by atomic mass is 35.5. The highest BCUT2D eigenvalue weighted by molar-refractivity contribution is 6.19. The average molecular weight is 252 g/mol. The molecule has 0 radical (unpaired) electrons. The van der Waals surface area contributed by atoms with Crippen LogP contribution in [0.3, 0.4) is 0 Å². The zero-order chi connectivity index (χ0) is 12.6. The van der Waals surface area contributed by atoms with Crippen molar-refractivity contribution >= 4 is 23.4 Å². The third kappa shape index (κ3) is 1.75. The van der Waals surface area contributed by atoms with E-state index >= 15 is 0 Å². The van der Waals surface area contributed by atoms with Crippen molar-refractivity contribution in [1.82, 2.24) is 4.90 Å². The van der Waals surface area contributed by atoms with Crippen molar-refractivity contribution in [1.29, 1.82) is 0 Å². The number of amides is 2. The Morgan fingerprint density at radius 1 is 1.24 bits per heavy atom. The number of alkyl halides is 1. The predicted molar refractivity (Wildman–Crippen MR) is 66.2 cm³/mol. The third-order valence-corrected chi connectivity index (χ3v) is 3.33. The van der Waals surface area contributed by atoms with Gasteiger partial charge in [-0.2, -0.15) is 0 Å². The molecule has 17 heavy (non-hydrogen) atoms. The van der Waals surface area contributed by atoms with Gasteiger partial charge >= 0.3 is 0 Å². The van der Waals surface area contributed by atoms with Crippen molar-refractivity contribution < 1.29 is 9.59 Å². The topological polar surface area (TPSA) is 37.4 Å². The number of imide groups is 1. The van der Waals surface area contributed by atoms with E-state index in [1.54, 1.807) is 6.07 Å². The van der Waals surface area contributed by atoms with Gasteiger partial charge in [0.05, 0.1) is 5.41 Å². The Morgan fingerprint density at radius 2 is 1.88 bits per heavy atom. The number of hydrogen-bond acceptors (Lipinski definition) is 2. The molecule has 0 spiro atoms. The van der Waals surface area contributed by atoms with Crippen LogP contribution < -0.4 is 0 Å². The Balaban J connectivity index is 2.58. The van der Waals surface area contributed by atoms with E-state index in [2.05, 4.69) is 0 Å². The summed E-state index contributed by atoms with van der Waals surface area (Å²) in [5.74, 6) is -0.164. The number of benzene rings is 1. The van der Waals surface area contributed by atoms with Gasteiger partial charge in [-0.1, -0.05) is 18.2 Å². The molecular weight excluding hydrogens is 238 g/mol. The molecule has 4 heteroatoms. The van der Waals surface area contributed by atoms with Gasteiger partial charge in [-0.25, -0.2) is 0 Å². The van der Waals surface area contributed by atoms with Crippen LogP contribution in [0.2, 0.25) is 0 Å². The zero-order valence-electron chi connectivity index (χ0n) is 9.87. The molecule has 0 aromatic heterocycles. The molecule has 0 saturated heterocycles. The van der Waals surface area contributed by atoms with Crippen molar-refractivity contribution in [2.45, 2.75) is 19.3 Å². The summed E-state index contributed by atoms with van der Waals surface area (Å²) < 4.78 is 0. The van der Waals surface area contributed by atoms with Crippen LogP contribution in [0.5, 0.6) is 0 Å². The SMILES string of the molecule is CC1(C)C(=O)N(CCCl)C(=O)c2ccccc21. The minimum Gasteiger partial charge on any atom is -0.277 e. The molecular formula is C13H14ClNO2. The maximum Gasteiger partial charge on any atom is 0.260 e. The van der Waals surface area contributed by atoms with Gasteiger partial charge in [0.1, 0.15) is 0 Å². The van der Waals surface area contributed by atoms with Crippen LogP contribution in [0.25, 0.3) is 0 Å². The monoisotopic (exact) mass is 251 g/mol. The minimum atomic E-state index is -0.670. The van der Waals surface area contributed by atoms with Gasteiger partial charge in [0.25, 0.3) is 5.91 Å². The zero-order valence-corrected chi connectivity index (χ0v) is 10.6. The standard InChI is InChI=1S/C13H14ClNO2/c1-13(2)10-6-4-3-5-9(10)11(16)15(8-7-14)12(13)17/h3-6H,7-8H2,1-2H3. The summed E-state index contributed by atoms with van der Waals surface area (Å²) in [5.41, 5.74) is 0.722. The van der Waals surface area contributed by atoms with E-state index < -0.39 is 5.41 Å². The molecule has 0 saturated carbocycles. The summed E-state index contributed by atoms with van der Waals surface area (Å²) in [4.78, 5) is 25.7. The number of carbonyl (C=O) groups is 2. The molecule has 2 amide bonds. The molecule has 1 aromatic carbocycles. The number of halogens is 1. The lowest BCUT2D eigenvalue weighted by Crippen LogP contribution is -2.52. The first-order chi connectivity index (χ1) is 8.00. The van der Waals surface area contributed by atoms with Crippen LogP contribution in [0.4, 0.5) is 0 Å². The van der Waals surface area contributed by atoms with Gasteiger partial charge in [0.2, 0.25) is 5.91 Å². The van der Waals surface area contributed by atoms with Gasteiger partial charge < -0.3 is 0 Å². The van der Waals surface area contributed by atoms with Gasteiger partial charge in [-0.05, 0) is 25.5 Å². The first-order valence-corrected chi connectivity index (χ1v) is 6.05. The van der Waals surface area contributed by atoms with Gasteiger partial charge in [-0.3, -0.25) is 14.5 Å². The lowest BCUT2D eigenvalue weighted by molar-refractivity contribution is -0.134. The Labute approximate surface area is 105 Å². The summed E-state index contributed by atoms with van der Waals surface area (Å²) in [5, 5.41) is 0. The number of fused-ring (bicyclic) bond motifs is 1. The van der Waals surface area contributed by atoms with Crippen molar-refractivity contribution in [2.24, 2.45) is 0 Å². The van der Waals surface area contributed by atoms with Gasteiger partial charge in [0.15, 0.2) is 0 Å². The molecule has 0 atom stereocenters. The molecule has 0 fully saturated rings. The first-order valence-electron chi connectivity index (χ1n) is 5.52. The highest BCUT2D eigenvalue weighted by Crippen LogP contribution is 2.34. The van der Waals surface area contributed by atoms with E-state index in [0.717, 1.165) is 5.56 Å². The molecule has 1 aromatic rings. The quantitative estimate of drug-likeness (QED) is 0.597. The van der Waals surface area contributed by atoms with E-state index in [-0.39, 0.29) is 24.2 Å². The van der Waals surface area contributed by atoms with Gasteiger partial charge in [0, 0.05) is 18.0 Å². The van der Waals surface area contributed by atoms with E-state index in [1.807, 2.05) is 32.0 Å². The second-order valence-electron chi connectivity index (χ2n) is 4.62. The predicted octanol–water partition coefficient (Wildman–Crippen LogP) is 2.19. The van der Waals surface area contributed by atoms with Crippen molar-refractivity contribution in [2.75, 3.05) is 12.4 Å². The van der Waals surface area contributed by atoms with E-state index in [1.165, 1.54) is 4.90 Å². The van der Waals surface area contributed by atoms with Crippen molar-refractivity contribution in [3.63, 3.8) is 0 Å². The molecule has 0 aliphatic carbocycles. The molecule has 90 valence electrons. The van der Waals surface area contributed by atoms with E-state index in [0.29, 0.717) is 5.56 Å². The van der Waals surface area contributed by atoms with Crippen LogP contribution in [0, 0.1) is 0 Å². The molecule has 0 N–H and O–H groups in total. The largest absolute Gasteiger partial charge is 0.277 e. The summed E-state index contributed by atoms with van der Waals surface area (Å²) in [6.45, 7) is 3.93. The summed E-state index contributed by atoms with van der Waals surface area (Å²) in [7, 11) is 0. The molecule has 3 nitrogen and oxygen atoms in total. The lowest BCUT2D eigenvalue weighted by Gasteiger charge is -2.37. The Kier molecular flexibility index (Phi) is 2.96.